The summed E-state index contributed by atoms with van der Waals surface area (Å²) in [4.78, 5) is 0. The number of benzene rings is 1. The number of aliphatic hydroxyl groups excluding tert-OH is 1. The maximum absolute atomic E-state index is 10.5. The van der Waals surface area contributed by atoms with Gasteiger partial charge in [0.1, 0.15) is 0 Å². The van der Waals surface area contributed by atoms with Crippen molar-refractivity contribution in [3.05, 3.63) is 33.3 Å². The molecule has 0 amide bonds. The van der Waals surface area contributed by atoms with Crippen molar-refractivity contribution < 1.29 is 5.11 Å². The number of aliphatic hydroxyl groups is 1. The lowest BCUT2D eigenvalue weighted by Crippen LogP contribution is -2.20. The Balaban J connectivity index is 2.03. The van der Waals surface area contributed by atoms with Crippen LogP contribution in [-0.2, 0) is 0 Å². The van der Waals surface area contributed by atoms with E-state index in [0.717, 1.165) is 28.8 Å². The van der Waals surface area contributed by atoms with Gasteiger partial charge in [-0.25, -0.2) is 0 Å². The first kappa shape index (κ1) is 14.4. The van der Waals surface area contributed by atoms with Crippen molar-refractivity contribution >= 4 is 27.5 Å². The summed E-state index contributed by atoms with van der Waals surface area (Å²) >= 11 is 9.40. The molecule has 0 heterocycles. The molecule has 1 fully saturated rings. The number of halogens is 2. The van der Waals surface area contributed by atoms with E-state index in [1.165, 1.54) is 19.3 Å². The third kappa shape index (κ3) is 3.28. The van der Waals surface area contributed by atoms with Gasteiger partial charge in [0.05, 0.1) is 11.1 Å². The minimum absolute atomic E-state index is 0.351. The molecule has 1 aliphatic carbocycles. The third-order valence-corrected chi connectivity index (χ3v) is 5.41. The van der Waals surface area contributed by atoms with Crippen LogP contribution in [0.25, 0.3) is 0 Å². The number of rotatable bonds is 3. The molecule has 0 aliphatic heterocycles. The van der Waals surface area contributed by atoms with E-state index < -0.39 is 0 Å². The highest BCUT2D eigenvalue weighted by atomic mass is 79.9. The third-order valence-electron chi connectivity index (χ3n) is 4.20. The predicted molar refractivity (Wildman–Crippen MR) is 79.9 cm³/mol. The molecule has 18 heavy (non-hydrogen) atoms. The minimum atomic E-state index is -0.351. The van der Waals surface area contributed by atoms with Crippen molar-refractivity contribution in [2.75, 3.05) is 0 Å². The van der Waals surface area contributed by atoms with Gasteiger partial charge in [0.25, 0.3) is 0 Å². The van der Waals surface area contributed by atoms with Crippen molar-refractivity contribution in [2.24, 2.45) is 11.8 Å². The van der Waals surface area contributed by atoms with Gasteiger partial charge in [-0.2, -0.15) is 0 Å². The van der Waals surface area contributed by atoms with Gasteiger partial charge in [0.2, 0.25) is 0 Å². The molecule has 1 aliphatic rings. The van der Waals surface area contributed by atoms with Crippen LogP contribution in [0, 0.1) is 11.8 Å². The zero-order chi connectivity index (χ0) is 13.1. The second kappa shape index (κ2) is 6.40. The van der Waals surface area contributed by atoms with Gasteiger partial charge in [-0.15, -0.1) is 0 Å². The van der Waals surface area contributed by atoms with E-state index >= 15 is 0 Å². The lowest BCUT2D eigenvalue weighted by molar-refractivity contribution is 0.0729. The molecule has 1 saturated carbocycles. The molecule has 1 atom stereocenters. The van der Waals surface area contributed by atoms with Crippen molar-refractivity contribution in [3.8, 4) is 0 Å². The molecule has 0 aromatic heterocycles. The molecule has 1 unspecified atom stereocenters. The van der Waals surface area contributed by atoms with Gasteiger partial charge in [-0.05, 0) is 58.3 Å². The topological polar surface area (TPSA) is 20.2 Å². The molecule has 0 bridgehead atoms. The number of hydrogen-bond donors (Lipinski definition) is 1. The van der Waals surface area contributed by atoms with E-state index in [1.807, 2.05) is 18.2 Å². The van der Waals surface area contributed by atoms with E-state index in [9.17, 15) is 5.11 Å². The summed E-state index contributed by atoms with van der Waals surface area (Å²) in [6, 6.07) is 5.73. The monoisotopic (exact) mass is 330 g/mol. The molecule has 0 radical (unpaired) electrons. The first-order chi connectivity index (χ1) is 8.61. The molecule has 1 nitrogen and oxygen atoms in total. The summed E-state index contributed by atoms with van der Waals surface area (Å²) in [6.07, 6.45) is 5.71. The quantitative estimate of drug-likeness (QED) is 0.791. The Morgan fingerprint density at radius 1 is 1.33 bits per heavy atom. The van der Waals surface area contributed by atoms with Crippen LogP contribution in [0.1, 0.15) is 50.7 Å². The lowest BCUT2D eigenvalue weighted by atomic mass is 9.77. The normalized spacial score (nSPS) is 26.0. The van der Waals surface area contributed by atoms with Crippen LogP contribution in [0.15, 0.2) is 22.7 Å². The van der Waals surface area contributed by atoms with Gasteiger partial charge in [0, 0.05) is 4.47 Å². The van der Waals surface area contributed by atoms with E-state index in [1.54, 1.807) is 0 Å². The lowest BCUT2D eigenvalue weighted by Gasteiger charge is -2.31. The first-order valence-corrected chi connectivity index (χ1v) is 7.92. The van der Waals surface area contributed by atoms with E-state index in [0.29, 0.717) is 10.9 Å². The second-order valence-corrected chi connectivity index (χ2v) is 6.57. The Labute approximate surface area is 123 Å². The summed E-state index contributed by atoms with van der Waals surface area (Å²) < 4.78 is 0.864. The fourth-order valence-corrected chi connectivity index (χ4v) is 3.39. The molecule has 1 aromatic rings. The molecule has 2 rings (SSSR count). The molecular formula is C15H20BrClO. The summed E-state index contributed by atoms with van der Waals surface area (Å²) in [7, 11) is 0. The van der Waals surface area contributed by atoms with Crippen LogP contribution in [0.4, 0.5) is 0 Å². The van der Waals surface area contributed by atoms with Crippen LogP contribution in [0.5, 0.6) is 0 Å². The Morgan fingerprint density at radius 3 is 2.56 bits per heavy atom. The van der Waals surface area contributed by atoms with Gasteiger partial charge in [-0.3, -0.25) is 0 Å². The highest BCUT2D eigenvalue weighted by molar-refractivity contribution is 9.10. The molecule has 0 spiro atoms. The van der Waals surface area contributed by atoms with Crippen molar-refractivity contribution in [1.82, 2.24) is 0 Å². The van der Waals surface area contributed by atoms with E-state index in [-0.39, 0.29) is 6.10 Å². The van der Waals surface area contributed by atoms with Crippen molar-refractivity contribution in [2.45, 2.75) is 45.1 Å². The van der Waals surface area contributed by atoms with Crippen LogP contribution in [0.3, 0.4) is 0 Å². The minimum Gasteiger partial charge on any atom is -0.388 e. The van der Waals surface area contributed by atoms with Crippen molar-refractivity contribution in [3.63, 3.8) is 0 Å². The summed E-state index contributed by atoms with van der Waals surface area (Å²) in [5.74, 6) is 1.27. The zero-order valence-corrected chi connectivity index (χ0v) is 13.0. The Hall–Kier alpha value is -0.0500. The largest absolute Gasteiger partial charge is 0.388 e. The fourth-order valence-electron chi connectivity index (χ4n) is 2.88. The Bertz CT molecular complexity index is 399. The van der Waals surface area contributed by atoms with Crippen LogP contribution < -0.4 is 0 Å². The average Bonchev–Trinajstić information content (AvgIpc) is 2.41. The maximum atomic E-state index is 10.5. The van der Waals surface area contributed by atoms with Crippen LogP contribution >= 0.6 is 27.5 Å². The standard InChI is InChI=1S/C15H20BrClO/c1-2-10-3-5-11(6-4-10)15(18)12-7-8-14(17)13(16)9-12/h7-11,15,18H,2-6H2,1H3. The SMILES string of the molecule is CCC1CCC(C(O)c2ccc(Cl)c(Br)c2)CC1. The zero-order valence-electron chi connectivity index (χ0n) is 10.7. The van der Waals surface area contributed by atoms with Crippen LogP contribution in [-0.4, -0.2) is 5.11 Å². The summed E-state index contributed by atoms with van der Waals surface area (Å²) in [5.41, 5.74) is 0.978. The van der Waals surface area contributed by atoms with E-state index in [2.05, 4.69) is 22.9 Å². The van der Waals surface area contributed by atoms with Crippen molar-refractivity contribution in [1.29, 1.82) is 0 Å². The Morgan fingerprint density at radius 2 is 2.00 bits per heavy atom. The molecule has 1 aromatic carbocycles. The summed E-state index contributed by atoms with van der Waals surface area (Å²) in [6.45, 7) is 2.26. The Kier molecular flexibility index (Phi) is 5.11. The second-order valence-electron chi connectivity index (χ2n) is 5.31. The molecule has 1 N–H and O–H groups in total. The van der Waals surface area contributed by atoms with Gasteiger partial charge in [0.15, 0.2) is 0 Å². The highest BCUT2D eigenvalue weighted by Gasteiger charge is 2.26. The highest BCUT2D eigenvalue weighted by Crippen LogP contribution is 2.38. The molecule has 100 valence electrons. The molecular weight excluding hydrogens is 312 g/mol. The van der Waals surface area contributed by atoms with Gasteiger partial charge in [-0.1, -0.05) is 43.9 Å². The van der Waals surface area contributed by atoms with Gasteiger partial charge < -0.3 is 5.11 Å². The molecule has 3 heteroatoms. The predicted octanol–water partition coefficient (Wildman–Crippen LogP) is 5.35. The first-order valence-electron chi connectivity index (χ1n) is 6.74. The summed E-state index contributed by atoms with van der Waals surface area (Å²) in [5, 5.41) is 11.2. The number of hydrogen-bond acceptors (Lipinski definition) is 1. The van der Waals surface area contributed by atoms with Crippen LogP contribution in [0.2, 0.25) is 5.02 Å². The van der Waals surface area contributed by atoms with E-state index in [4.69, 9.17) is 11.6 Å². The smallest absolute Gasteiger partial charge is 0.0818 e. The maximum Gasteiger partial charge on any atom is 0.0818 e. The van der Waals surface area contributed by atoms with Gasteiger partial charge >= 0.3 is 0 Å². The fraction of sp³-hybridized carbons (Fsp3) is 0.600. The molecule has 0 saturated heterocycles. The average molecular weight is 332 g/mol.